The molecule has 106 valence electrons. The maximum Gasteiger partial charge on any atom is 0.263 e. The van der Waals surface area contributed by atoms with E-state index in [1.54, 1.807) is 24.0 Å². The Kier molecular flexibility index (Phi) is 4.08. The second kappa shape index (κ2) is 5.77. The van der Waals surface area contributed by atoms with E-state index in [1.165, 1.54) is 0 Å². The second-order valence-electron chi connectivity index (χ2n) is 4.83. The van der Waals surface area contributed by atoms with E-state index in [0.717, 1.165) is 22.4 Å². The highest BCUT2D eigenvalue weighted by Gasteiger charge is 2.10. The average Bonchev–Trinajstić information content (AvgIpc) is 2.80. The van der Waals surface area contributed by atoms with Crippen LogP contribution in [0.15, 0.2) is 24.4 Å². The number of anilines is 1. The van der Waals surface area contributed by atoms with E-state index in [-0.39, 0.29) is 12.5 Å². The molecule has 1 amide bonds. The molecule has 1 heterocycles. The molecule has 0 saturated carbocycles. The fraction of sp³-hybridized carbons (Fsp3) is 0.333. The number of amides is 1. The van der Waals surface area contributed by atoms with E-state index in [4.69, 9.17) is 4.74 Å². The first-order valence-corrected chi connectivity index (χ1v) is 6.46. The highest BCUT2D eigenvalue weighted by atomic mass is 16.5. The van der Waals surface area contributed by atoms with Gasteiger partial charge in [-0.3, -0.25) is 9.48 Å². The van der Waals surface area contributed by atoms with Gasteiger partial charge >= 0.3 is 0 Å². The summed E-state index contributed by atoms with van der Waals surface area (Å²) in [6.07, 6.45) is 1.63. The zero-order chi connectivity index (χ0) is 14.7. The summed E-state index contributed by atoms with van der Waals surface area (Å²) in [6.45, 7) is 5.98. The van der Waals surface area contributed by atoms with Gasteiger partial charge in [0.05, 0.1) is 6.20 Å². The molecule has 5 heteroatoms. The largest absolute Gasteiger partial charge is 0.483 e. The summed E-state index contributed by atoms with van der Waals surface area (Å²) in [5.41, 5.74) is 3.25. The lowest BCUT2D eigenvalue weighted by Gasteiger charge is -2.13. The van der Waals surface area contributed by atoms with Crippen molar-refractivity contribution in [1.82, 2.24) is 9.78 Å². The highest BCUT2D eigenvalue weighted by molar-refractivity contribution is 5.91. The Balaban J connectivity index is 2.01. The zero-order valence-electron chi connectivity index (χ0n) is 12.2. The SMILES string of the molecule is Cc1ccc(C)c(OCC(=O)Nc2ccnn2C)c1C. The predicted molar refractivity (Wildman–Crippen MR) is 78.0 cm³/mol. The van der Waals surface area contributed by atoms with Crippen molar-refractivity contribution in [2.75, 3.05) is 11.9 Å². The summed E-state index contributed by atoms with van der Waals surface area (Å²) in [4.78, 5) is 11.9. The van der Waals surface area contributed by atoms with Gasteiger partial charge in [-0.1, -0.05) is 12.1 Å². The molecule has 0 saturated heterocycles. The van der Waals surface area contributed by atoms with Crippen molar-refractivity contribution in [2.24, 2.45) is 7.05 Å². The summed E-state index contributed by atoms with van der Waals surface area (Å²) in [5.74, 6) is 1.23. The third kappa shape index (κ3) is 2.99. The van der Waals surface area contributed by atoms with Crippen molar-refractivity contribution in [2.45, 2.75) is 20.8 Å². The fourth-order valence-electron chi connectivity index (χ4n) is 1.96. The highest BCUT2D eigenvalue weighted by Crippen LogP contribution is 2.25. The van der Waals surface area contributed by atoms with Gasteiger partial charge in [-0.15, -0.1) is 0 Å². The lowest BCUT2D eigenvalue weighted by atomic mass is 10.1. The normalized spacial score (nSPS) is 10.4. The lowest BCUT2D eigenvalue weighted by molar-refractivity contribution is -0.118. The number of rotatable bonds is 4. The molecule has 0 aliphatic heterocycles. The predicted octanol–water partition coefficient (Wildman–Crippen LogP) is 2.36. The van der Waals surface area contributed by atoms with Gasteiger partial charge in [-0.05, 0) is 37.5 Å². The first kappa shape index (κ1) is 14.1. The van der Waals surface area contributed by atoms with E-state index in [9.17, 15) is 4.79 Å². The van der Waals surface area contributed by atoms with E-state index >= 15 is 0 Å². The number of carbonyl (C=O) groups is 1. The number of hydrogen-bond donors (Lipinski definition) is 1. The monoisotopic (exact) mass is 273 g/mol. The van der Waals surface area contributed by atoms with Crippen molar-refractivity contribution in [1.29, 1.82) is 0 Å². The number of hydrogen-bond acceptors (Lipinski definition) is 3. The number of benzene rings is 1. The van der Waals surface area contributed by atoms with Gasteiger partial charge in [0.25, 0.3) is 5.91 Å². The van der Waals surface area contributed by atoms with Crippen LogP contribution in [0, 0.1) is 20.8 Å². The minimum absolute atomic E-state index is 0.0175. The van der Waals surface area contributed by atoms with Crippen molar-refractivity contribution in [3.63, 3.8) is 0 Å². The van der Waals surface area contributed by atoms with Crippen molar-refractivity contribution < 1.29 is 9.53 Å². The van der Waals surface area contributed by atoms with E-state index < -0.39 is 0 Å². The molecule has 1 aromatic heterocycles. The molecule has 2 rings (SSSR count). The number of nitrogens with one attached hydrogen (secondary N) is 1. The number of carbonyl (C=O) groups excluding carboxylic acids is 1. The minimum Gasteiger partial charge on any atom is -0.483 e. The van der Waals surface area contributed by atoms with Gasteiger partial charge < -0.3 is 10.1 Å². The van der Waals surface area contributed by atoms with E-state index in [0.29, 0.717) is 5.82 Å². The van der Waals surface area contributed by atoms with Gasteiger partial charge in [0, 0.05) is 13.1 Å². The maximum absolute atomic E-state index is 11.9. The van der Waals surface area contributed by atoms with Crippen LogP contribution in [0.25, 0.3) is 0 Å². The van der Waals surface area contributed by atoms with Crippen LogP contribution in [-0.4, -0.2) is 22.3 Å². The molecular formula is C15H19N3O2. The second-order valence-corrected chi connectivity index (χ2v) is 4.83. The lowest BCUT2D eigenvalue weighted by Crippen LogP contribution is -2.22. The molecule has 1 aromatic carbocycles. The van der Waals surface area contributed by atoms with E-state index in [1.807, 2.05) is 32.9 Å². The molecule has 0 aliphatic rings. The Morgan fingerprint density at radius 1 is 1.25 bits per heavy atom. The number of aryl methyl sites for hydroxylation is 3. The standard InChI is InChI=1S/C15H19N3O2/c1-10-5-6-11(2)15(12(10)3)20-9-14(19)17-13-7-8-16-18(13)4/h5-8H,9H2,1-4H3,(H,17,19). The maximum atomic E-state index is 11.9. The van der Waals surface area contributed by atoms with Crippen molar-refractivity contribution >= 4 is 11.7 Å². The molecule has 0 fully saturated rings. The summed E-state index contributed by atoms with van der Waals surface area (Å²) >= 11 is 0. The topological polar surface area (TPSA) is 56.1 Å². The molecule has 0 aliphatic carbocycles. The molecule has 20 heavy (non-hydrogen) atoms. The molecule has 0 bridgehead atoms. The number of nitrogens with zero attached hydrogens (tertiary/aromatic N) is 2. The Bertz CT molecular complexity index is 632. The molecular weight excluding hydrogens is 254 g/mol. The van der Waals surface area contributed by atoms with Crippen LogP contribution < -0.4 is 10.1 Å². The fourth-order valence-corrected chi connectivity index (χ4v) is 1.96. The molecule has 0 atom stereocenters. The average molecular weight is 273 g/mol. The zero-order valence-corrected chi connectivity index (χ0v) is 12.2. The van der Waals surface area contributed by atoms with Crippen LogP contribution >= 0.6 is 0 Å². The first-order valence-electron chi connectivity index (χ1n) is 6.46. The van der Waals surface area contributed by atoms with Crippen LogP contribution in [0.1, 0.15) is 16.7 Å². The number of aromatic nitrogens is 2. The molecule has 0 unspecified atom stereocenters. The first-order chi connectivity index (χ1) is 9.49. The Morgan fingerprint density at radius 2 is 1.95 bits per heavy atom. The van der Waals surface area contributed by atoms with Crippen LogP contribution in [0.3, 0.4) is 0 Å². The summed E-state index contributed by atoms with van der Waals surface area (Å²) in [7, 11) is 1.77. The summed E-state index contributed by atoms with van der Waals surface area (Å²) in [6, 6.07) is 5.78. The molecule has 0 radical (unpaired) electrons. The minimum atomic E-state index is -0.200. The Hall–Kier alpha value is -2.30. The van der Waals surface area contributed by atoms with Crippen molar-refractivity contribution in [3.05, 3.63) is 41.1 Å². The molecule has 5 nitrogen and oxygen atoms in total. The summed E-state index contributed by atoms with van der Waals surface area (Å²) in [5, 5.41) is 6.74. The molecule has 0 spiro atoms. The summed E-state index contributed by atoms with van der Waals surface area (Å²) < 4.78 is 7.26. The third-order valence-electron chi connectivity index (χ3n) is 3.31. The smallest absolute Gasteiger partial charge is 0.263 e. The van der Waals surface area contributed by atoms with Gasteiger partial charge in [0.1, 0.15) is 11.6 Å². The van der Waals surface area contributed by atoms with Crippen LogP contribution in [0.5, 0.6) is 5.75 Å². The van der Waals surface area contributed by atoms with Crippen LogP contribution in [0.4, 0.5) is 5.82 Å². The van der Waals surface area contributed by atoms with Gasteiger partial charge in [-0.2, -0.15) is 5.10 Å². The molecule has 2 aromatic rings. The van der Waals surface area contributed by atoms with Crippen LogP contribution in [-0.2, 0) is 11.8 Å². The molecule has 1 N–H and O–H groups in total. The number of ether oxygens (including phenoxy) is 1. The Labute approximate surface area is 118 Å². The van der Waals surface area contributed by atoms with Gasteiger partial charge in [-0.25, -0.2) is 0 Å². The van der Waals surface area contributed by atoms with Gasteiger partial charge in [0.2, 0.25) is 0 Å². The van der Waals surface area contributed by atoms with Crippen molar-refractivity contribution in [3.8, 4) is 5.75 Å². The van der Waals surface area contributed by atoms with Crippen LogP contribution in [0.2, 0.25) is 0 Å². The van der Waals surface area contributed by atoms with E-state index in [2.05, 4.69) is 10.4 Å². The third-order valence-corrected chi connectivity index (χ3v) is 3.31. The Morgan fingerprint density at radius 3 is 2.60 bits per heavy atom. The van der Waals surface area contributed by atoms with Gasteiger partial charge in [0.15, 0.2) is 6.61 Å². The quantitative estimate of drug-likeness (QED) is 0.930.